The molecule has 0 saturated carbocycles. The molecular formula is C20H21FN2O4. The maximum absolute atomic E-state index is 13.7. The van der Waals surface area contributed by atoms with E-state index in [1.807, 2.05) is 30.3 Å². The van der Waals surface area contributed by atoms with E-state index in [1.54, 1.807) is 6.07 Å². The molecule has 2 atom stereocenters. The summed E-state index contributed by atoms with van der Waals surface area (Å²) in [5, 5.41) is 14.0. The lowest BCUT2D eigenvalue weighted by molar-refractivity contribution is 0.0944. The summed E-state index contributed by atoms with van der Waals surface area (Å²) >= 11 is 0. The maximum atomic E-state index is 13.7. The van der Waals surface area contributed by atoms with Gasteiger partial charge in [0.2, 0.25) is 0 Å². The molecule has 0 saturated heterocycles. The number of hydrogen-bond acceptors (Lipinski definition) is 4. The molecule has 0 aromatic heterocycles. The van der Waals surface area contributed by atoms with Gasteiger partial charge in [-0.05, 0) is 17.7 Å². The third-order valence-electron chi connectivity index (χ3n) is 4.54. The molecule has 2 amide bonds. The van der Waals surface area contributed by atoms with Crippen LogP contribution in [0.25, 0.3) is 0 Å². The number of ether oxygens (including phenoxy) is 1. The largest absolute Gasteiger partial charge is 0.486 e. The molecule has 2 aromatic rings. The first-order chi connectivity index (χ1) is 13.1. The van der Waals surface area contributed by atoms with Crippen molar-refractivity contribution in [2.75, 3.05) is 26.9 Å². The fourth-order valence-corrected chi connectivity index (χ4v) is 3.31. The molecule has 3 rings (SSSR count). The Morgan fingerprint density at radius 2 is 1.93 bits per heavy atom. The van der Waals surface area contributed by atoms with Crippen molar-refractivity contribution in [2.45, 2.75) is 12.0 Å². The Bertz CT molecular complexity index is 841. The van der Waals surface area contributed by atoms with E-state index in [4.69, 9.17) is 9.84 Å². The van der Waals surface area contributed by atoms with E-state index in [2.05, 4.69) is 10.6 Å². The van der Waals surface area contributed by atoms with Crippen molar-refractivity contribution in [3.05, 3.63) is 64.7 Å². The van der Waals surface area contributed by atoms with Crippen molar-refractivity contribution < 1.29 is 23.8 Å². The average Bonchev–Trinajstić information content (AvgIpc) is 3.09. The van der Waals surface area contributed by atoms with E-state index in [0.29, 0.717) is 11.3 Å². The Kier molecular flexibility index (Phi) is 5.71. The van der Waals surface area contributed by atoms with Gasteiger partial charge < -0.3 is 20.5 Å². The third kappa shape index (κ3) is 3.64. The van der Waals surface area contributed by atoms with Gasteiger partial charge in [0, 0.05) is 24.7 Å². The van der Waals surface area contributed by atoms with Gasteiger partial charge in [-0.15, -0.1) is 0 Å². The predicted octanol–water partition coefficient (Wildman–Crippen LogP) is 1.63. The van der Waals surface area contributed by atoms with Crippen molar-refractivity contribution in [3.8, 4) is 5.75 Å². The quantitative estimate of drug-likeness (QED) is 0.719. The number of aliphatic hydroxyl groups excluding tert-OH is 1. The summed E-state index contributed by atoms with van der Waals surface area (Å²) in [5.74, 6) is -0.980. The highest BCUT2D eigenvalue weighted by Gasteiger charge is 2.39. The summed E-state index contributed by atoms with van der Waals surface area (Å²) in [7, 11) is 1.48. The molecule has 142 valence electrons. The van der Waals surface area contributed by atoms with Crippen molar-refractivity contribution in [3.63, 3.8) is 0 Å². The maximum Gasteiger partial charge on any atom is 0.254 e. The molecule has 1 aliphatic rings. The van der Waals surface area contributed by atoms with Crippen molar-refractivity contribution in [2.24, 2.45) is 0 Å². The Hall–Kier alpha value is -2.93. The smallest absolute Gasteiger partial charge is 0.254 e. The lowest BCUT2D eigenvalue weighted by Crippen LogP contribution is -2.27. The topological polar surface area (TPSA) is 87.7 Å². The van der Waals surface area contributed by atoms with Gasteiger partial charge >= 0.3 is 0 Å². The zero-order valence-corrected chi connectivity index (χ0v) is 14.9. The fraction of sp³-hybridized carbons (Fsp3) is 0.300. The van der Waals surface area contributed by atoms with Crippen LogP contribution in [0.3, 0.4) is 0 Å². The van der Waals surface area contributed by atoms with Gasteiger partial charge in [0.1, 0.15) is 18.5 Å². The van der Waals surface area contributed by atoms with E-state index in [-0.39, 0.29) is 24.3 Å². The molecule has 0 radical (unpaired) electrons. The van der Waals surface area contributed by atoms with E-state index in [9.17, 15) is 14.0 Å². The highest BCUT2D eigenvalue weighted by Crippen LogP contribution is 2.45. The minimum Gasteiger partial charge on any atom is -0.486 e. The number of carbonyl (C=O) groups excluding carboxylic acids is 2. The first-order valence-electron chi connectivity index (χ1n) is 8.67. The van der Waals surface area contributed by atoms with Crippen molar-refractivity contribution >= 4 is 11.8 Å². The molecular weight excluding hydrogens is 351 g/mol. The Balaban J connectivity index is 2.13. The van der Waals surface area contributed by atoms with E-state index in [0.717, 1.165) is 5.56 Å². The molecule has 6 nitrogen and oxygen atoms in total. The number of rotatable bonds is 6. The van der Waals surface area contributed by atoms with Crippen LogP contribution in [-0.4, -0.2) is 49.9 Å². The van der Waals surface area contributed by atoms with Crippen molar-refractivity contribution in [1.29, 1.82) is 0 Å². The van der Waals surface area contributed by atoms with Crippen LogP contribution in [0, 0.1) is 0 Å². The normalized spacial score (nSPS) is 17.7. The fourth-order valence-electron chi connectivity index (χ4n) is 3.31. The van der Waals surface area contributed by atoms with Crippen molar-refractivity contribution in [1.82, 2.24) is 10.6 Å². The number of aliphatic hydroxyl groups is 1. The average molecular weight is 372 g/mol. The summed E-state index contributed by atoms with van der Waals surface area (Å²) in [5.41, 5.74) is 1.87. The van der Waals surface area contributed by atoms with Crippen LogP contribution in [0.1, 0.15) is 37.8 Å². The first-order valence-corrected chi connectivity index (χ1v) is 8.67. The van der Waals surface area contributed by atoms with Crippen LogP contribution < -0.4 is 15.4 Å². The number of carbonyl (C=O) groups is 2. The molecule has 0 bridgehead atoms. The Morgan fingerprint density at radius 3 is 2.56 bits per heavy atom. The number of nitrogens with one attached hydrogen (secondary N) is 2. The molecule has 1 unspecified atom stereocenters. The monoisotopic (exact) mass is 372 g/mol. The molecule has 3 N–H and O–H groups in total. The second-order valence-corrected chi connectivity index (χ2v) is 6.20. The molecule has 7 heteroatoms. The molecule has 1 heterocycles. The number of hydrogen-bond donors (Lipinski definition) is 3. The summed E-state index contributed by atoms with van der Waals surface area (Å²) < 4.78 is 19.5. The van der Waals surface area contributed by atoms with Gasteiger partial charge in [0.25, 0.3) is 11.8 Å². The predicted molar refractivity (Wildman–Crippen MR) is 97.9 cm³/mol. The number of fused-ring (bicyclic) bond motifs is 1. The highest BCUT2D eigenvalue weighted by molar-refractivity contribution is 6.02. The van der Waals surface area contributed by atoms with E-state index in [1.165, 1.54) is 13.1 Å². The van der Waals surface area contributed by atoms with Gasteiger partial charge in [-0.1, -0.05) is 30.3 Å². The first kappa shape index (κ1) is 18.8. The van der Waals surface area contributed by atoms with Gasteiger partial charge in [-0.2, -0.15) is 0 Å². The van der Waals surface area contributed by atoms with Gasteiger partial charge in [0.15, 0.2) is 0 Å². The molecule has 27 heavy (non-hydrogen) atoms. The molecule has 2 aromatic carbocycles. The minimum atomic E-state index is -0.776. The Labute approximate surface area is 156 Å². The summed E-state index contributed by atoms with van der Waals surface area (Å²) in [6, 6.07) is 12.3. The number of halogens is 1. The Morgan fingerprint density at radius 1 is 1.19 bits per heavy atom. The SMILES string of the molecule is CNC(=O)c1cc(C(=O)NCCO)cc2c1OC(CF)[C@H]2c1ccccc1. The van der Waals surface area contributed by atoms with Crippen LogP contribution in [0.5, 0.6) is 5.75 Å². The minimum absolute atomic E-state index is 0.0942. The summed E-state index contributed by atoms with van der Waals surface area (Å²) in [6.45, 7) is -0.830. The summed E-state index contributed by atoms with van der Waals surface area (Å²) in [6.07, 6.45) is -0.776. The van der Waals surface area contributed by atoms with Gasteiger partial charge in [0.05, 0.1) is 18.1 Å². The van der Waals surface area contributed by atoms with Gasteiger partial charge in [-0.25, -0.2) is 4.39 Å². The second kappa shape index (κ2) is 8.18. The summed E-state index contributed by atoms with van der Waals surface area (Å²) in [4.78, 5) is 24.7. The zero-order chi connectivity index (χ0) is 19.4. The molecule has 0 aliphatic carbocycles. The number of amides is 2. The lowest BCUT2D eigenvalue weighted by Gasteiger charge is -2.16. The third-order valence-corrected chi connectivity index (χ3v) is 4.54. The second-order valence-electron chi connectivity index (χ2n) is 6.20. The van der Waals surface area contributed by atoms with Crippen LogP contribution in [0.2, 0.25) is 0 Å². The standard InChI is InChI=1S/C20H21FN2O4/c1-22-20(26)15-10-13(19(25)23-7-8-24)9-14-17(12-5-3-2-4-6-12)16(11-21)27-18(14)15/h2-6,9-10,16-17,24H,7-8,11H2,1H3,(H,22,26)(H,23,25)/t16?,17-/m0/s1. The van der Waals surface area contributed by atoms with E-state index < -0.39 is 30.5 Å². The highest BCUT2D eigenvalue weighted by atomic mass is 19.1. The zero-order valence-electron chi connectivity index (χ0n) is 14.9. The van der Waals surface area contributed by atoms with Crippen LogP contribution in [-0.2, 0) is 0 Å². The lowest BCUT2D eigenvalue weighted by atomic mass is 9.86. The molecule has 0 fully saturated rings. The number of alkyl halides is 1. The molecule has 1 aliphatic heterocycles. The van der Waals surface area contributed by atoms with E-state index >= 15 is 0 Å². The van der Waals surface area contributed by atoms with Crippen LogP contribution in [0.15, 0.2) is 42.5 Å². The van der Waals surface area contributed by atoms with Gasteiger partial charge in [-0.3, -0.25) is 9.59 Å². The van der Waals surface area contributed by atoms with Crippen LogP contribution >= 0.6 is 0 Å². The molecule has 0 spiro atoms. The number of benzene rings is 2. The van der Waals surface area contributed by atoms with Crippen LogP contribution in [0.4, 0.5) is 4.39 Å².